The number of morpholine rings is 1. The predicted octanol–water partition coefficient (Wildman–Crippen LogP) is 3.93. The minimum Gasteiger partial charge on any atom is -0.375 e. The van der Waals surface area contributed by atoms with E-state index in [0.29, 0.717) is 24.7 Å². The maximum Gasteiger partial charge on any atom is 0.264 e. The first-order chi connectivity index (χ1) is 10.1. The van der Waals surface area contributed by atoms with Gasteiger partial charge in [-0.2, -0.15) is 0 Å². The monoisotopic (exact) mass is 321 g/mol. The molecule has 2 heterocycles. The fraction of sp³-hybridized carbons (Fsp3) is 0.312. The number of amides is 1. The van der Waals surface area contributed by atoms with Crippen LogP contribution in [0.25, 0.3) is 10.4 Å². The summed E-state index contributed by atoms with van der Waals surface area (Å²) in [5.74, 6) is 0.0929. The summed E-state index contributed by atoms with van der Waals surface area (Å²) in [7, 11) is 0. The summed E-state index contributed by atoms with van der Waals surface area (Å²) in [6, 6.07) is 11.6. The second-order valence-electron chi connectivity index (χ2n) is 5.10. The molecule has 21 heavy (non-hydrogen) atoms. The molecule has 1 amide bonds. The Balaban J connectivity index is 1.78. The maximum atomic E-state index is 12.5. The lowest BCUT2D eigenvalue weighted by Crippen LogP contribution is -2.44. The zero-order valence-corrected chi connectivity index (χ0v) is 13.3. The van der Waals surface area contributed by atoms with E-state index in [2.05, 4.69) is 0 Å². The molecule has 5 heteroatoms. The van der Waals surface area contributed by atoms with E-state index in [1.165, 1.54) is 11.3 Å². The summed E-state index contributed by atoms with van der Waals surface area (Å²) in [6.45, 7) is 3.93. The summed E-state index contributed by atoms with van der Waals surface area (Å²) >= 11 is 7.42. The van der Waals surface area contributed by atoms with E-state index >= 15 is 0 Å². The summed E-state index contributed by atoms with van der Waals surface area (Å²) in [5, 5.41) is 0.717. The molecule has 0 saturated carbocycles. The second-order valence-corrected chi connectivity index (χ2v) is 6.62. The van der Waals surface area contributed by atoms with Crippen molar-refractivity contribution in [3.8, 4) is 10.4 Å². The van der Waals surface area contributed by atoms with E-state index in [1.54, 1.807) is 0 Å². The molecule has 1 aromatic heterocycles. The lowest BCUT2D eigenvalue weighted by atomic mass is 10.2. The number of carbonyl (C=O) groups excluding carboxylic acids is 1. The van der Waals surface area contributed by atoms with E-state index in [1.807, 2.05) is 48.2 Å². The third-order valence-electron chi connectivity index (χ3n) is 3.47. The van der Waals surface area contributed by atoms with Crippen LogP contribution in [0.5, 0.6) is 0 Å². The van der Waals surface area contributed by atoms with Crippen LogP contribution >= 0.6 is 22.9 Å². The Labute approximate surface area is 133 Å². The molecular weight excluding hydrogens is 306 g/mol. The Hall–Kier alpha value is -1.36. The molecule has 0 aliphatic carbocycles. The highest BCUT2D eigenvalue weighted by Crippen LogP contribution is 2.30. The molecule has 1 aliphatic heterocycles. The number of hydrogen-bond donors (Lipinski definition) is 0. The minimum absolute atomic E-state index is 0.0929. The highest BCUT2D eigenvalue weighted by atomic mass is 35.5. The number of ether oxygens (including phenoxy) is 1. The Kier molecular flexibility index (Phi) is 4.29. The van der Waals surface area contributed by atoms with Gasteiger partial charge in [0.1, 0.15) is 0 Å². The quantitative estimate of drug-likeness (QED) is 0.838. The Morgan fingerprint density at radius 1 is 1.29 bits per heavy atom. The fourth-order valence-electron chi connectivity index (χ4n) is 2.38. The van der Waals surface area contributed by atoms with E-state index in [-0.39, 0.29) is 12.0 Å². The van der Waals surface area contributed by atoms with Gasteiger partial charge in [-0.3, -0.25) is 4.79 Å². The Morgan fingerprint density at radius 3 is 2.76 bits per heavy atom. The van der Waals surface area contributed by atoms with Gasteiger partial charge in [-0.1, -0.05) is 23.7 Å². The molecule has 3 rings (SSSR count). The van der Waals surface area contributed by atoms with Crippen molar-refractivity contribution in [2.24, 2.45) is 0 Å². The largest absolute Gasteiger partial charge is 0.375 e. The van der Waals surface area contributed by atoms with Crippen LogP contribution in [0.1, 0.15) is 16.6 Å². The molecule has 1 saturated heterocycles. The van der Waals surface area contributed by atoms with Crippen molar-refractivity contribution < 1.29 is 9.53 Å². The minimum atomic E-state index is 0.0929. The predicted molar refractivity (Wildman–Crippen MR) is 86.1 cm³/mol. The summed E-state index contributed by atoms with van der Waals surface area (Å²) < 4.78 is 5.48. The van der Waals surface area contributed by atoms with Crippen LogP contribution in [-0.4, -0.2) is 36.6 Å². The molecule has 1 aliphatic rings. The van der Waals surface area contributed by atoms with Crippen LogP contribution in [0.2, 0.25) is 5.02 Å². The number of thiophene rings is 1. The third-order valence-corrected chi connectivity index (χ3v) is 4.85. The Morgan fingerprint density at radius 2 is 2.05 bits per heavy atom. The van der Waals surface area contributed by atoms with Gasteiger partial charge in [-0.25, -0.2) is 0 Å². The van der Waals surface area contributed by atoms with Crippen LogP contribution < -0.4 is 0 Å². The molecule has 0 spiro atoms. The first kappa shape index (κ1) is 14.6. The van der Waals surface area contributed by atoms with Gasteiger partial charge in [0, 0.05) is 23.0 Å². The fourth-order valence-corrected chi connectivity index (χ4v) is 3.49. The van der Waals surface area contributed by atoms with Gasteiger partial charge in [0.05, 0.1) is 17.6 Å². The van der Waals surface area contributed by atoms with Crippen LogP contribution in [-0.2, 0) is 4.74 Å². The van der Waals surface area contributed by atoms with Crippen molar-refractivity contribution in [1.82, 2.24) is 4.90 Å². The topological polar surface area (TPSA) is 29.5 Å². The van der Waals surface area contributed by atoms with Gasteiger partial charge < -0.3 is 9.64 Å². The molecule has 2 aromatic rings. The van der Waals surface area contributed by atoms with E-state index in [0.717, 1.165) is 15.3 Å². The lowest BCUT2D eigenvalue weighted by Gasteiger charge is -2.30. The number of benzene rings is 1. The normalized spacial score (nSPS) is 18.8. The van der Waals surface area contributed by atoms with Gasteiger partial charge >= 0.3 is 0 Å². The van der Waals surface area contributed by atoms with Crippen molar-refractivity contribution in [3.05, 3.63) is 46.3 Å². The molecule has 1 aromatic carbocycles. The molecule has 1 atom stereocenters. The standard InChI is InChI=1S/C16H16ClNO2S/c1-11-10-18(8-9-20-11)16(19)15-7-6-14(21-15)12-2-4-13(17)5-3-12/h2-7,11H,8-10H2,1H3/t11-/m0/s1. The highest BCUT2D eigenvalue weighted by molar-refractivity contribution is 7.17. The maximum absolute atomic E-state index is 12.5. The van der Waals surface area contributed by atoms with E-state index in [9.17, 15) is 4.79 Å². The van der Waals surface area contributed by atoms with Gasteiger partial charge in [-0.05, 0) is 36.8 Å². The number of hydrogen-bond acceptors (Lipinski definition) is 3. The van der Waals surface area contributed by atoms with Crippen molar-refractivity contribution in [3.63, 3.8) is 0 Å². The zero-order chi connectivity index (χ0) is 14.8. The van der Waals surface area contributed by atoms with Crippen molar-refractivity contribution in [2.45, 2.75) is 13.0 Å². The SMILES string of the molecule is C[C@H]1CN(C(=O)c2ccc(-c3ccc(Cl)cc3)s2)CCO1. The van der Waals surface area contributed by atoms with Crippen LogP contribution in [0.15, 0.2) is 36.4 Å². The van der Waals surface area contributed by atoms with Gasteiger partial charge in [0.15, 0.2) is 0 Å². The summed E-state index contributed by atoms with van der Waals surface area (Å²) in [5.41, 5.74) is 1.08. The summed E-state index contributed by atoms with van der Waals surface area (Å²) in [4.78, 5) is 16.2. The number of carbonyl (C=O) groups is 1. The van der Waals surface area contributed by atoms with E-state index in [4.69, 9.17) is 16.3 Å². The van der Waals surface area contributed by atoms with Crippen molar-refractivity contribution in [2.75, 3.05) is 19.7 Å². The van der Waals surface area contributed by atoms with Crippen molar-refractivity contribution in [1.29, 1.82) is 0 Å². The molecule has 0 bridgehead atoms. The van der Waals surface area contributed by atoms with Gasteiger partial charge in [0.25, 0.3) is 5.91 Å². The molecule has 0 unspecified atom stereocenters. The first-order valence-electron chi connectivity index (χ1n) is 6.90. The smallest absolute Gasteiger partial charge is 0.264 e. The van der Waals surface area contributed by atoms with Crippen LogP contribution in [0.3, 0.4) is 0 Å². The second kappa shape index (κ2) is 6.18. The Bertz CT molecular complexity index is 638. The summed E-state index contributed by atoms with van der Waals surface area (Å²) in [6.07, 6.45) is 0.110. The molecule has 110 valence electrons. The van der Waals surface area contributed by atoms with Crippen LogP contribution in [0, 0.1) is 0 Å². The molecule has 1 fully saturated rings. The highest BCUT2D eigenvalue weighted by Gasteiger charge is 2.23. The lowest BCUT2D eigenvalue weighted by molar-refractivity contribution is -0.0122. The number of halogens is 1. The van der Waals surface area contributed by atoms with Gasteiger partial charge in [-0.15, -0.1) is 11.3 Å². The third kappa shape index (κ3) is 3.28. The molecule has 0 radical (unpaired) electrons. The first-order valence-corrected chi connectivity index (χ1v) is 8.09. The average Bonchev–Trinajstić information content (AvgIpc) is 2.97. The molecule has 0 N–H and O–H groups in total. The average molecular weight is 322 g/mol. The van der Waals surface area contributed by atoms with Gasteiger partial charge in [0.2, 0.25) is 0 Å². The molecular formula is C16H16ClNO2S. The van der Waals surface area contributed by atoms with Crippen LogP contribution in [0.4, 0.5) is 0 Å². The van der Waals surface area contributed by atoms with Crippen molar-refractivity contribution >= 4 is 28.8 Å². The number of rotatable bonds is 2. The number of nitrogens with zero attached hydrogens (tertiary/aromatic N) is 1. The molecule has 3 nitrogen and oxygen atoms in total. The zero-order valence-electron chi connectivity index (χ0n) is 11.7. The van der Waals surface area contributed by atoms with E-state index < -0.39 is 0 Å².